The zero-order chi connectivity index (χ0) is 23.4. The number of hydrogen-bond acceptors (Lipinski definition) is 4. The third kappa shape index (κ3) is 4.67. The number of urea groups is 1. The van der Waals surface area contributed by atoms with Crippen LogP contribution in [-0.2, 0) is 16.1 Å². The van der Waals surface area contributed by atoms with Crippen LogP contribution in [0.1, 0.15) is 36.9 Å². The minimum absolute atomic E-state index is 0.198. The Morgan fingerprint density at radius 3 is 2.55 bits per heavy atom. The molecule has 33 heavy (non-hydrogen) atoms. The molecule has 0 saturated heterocycles. The largest absolute Gasteiger partial charge is 0.489 e. The second-order valence-electron chi connectivity index (χ2n) is 7.78. The standard InChI is InChI=1S/C26H25FN2O4/c1-3-6-20-23(25(30)32-2)24(29-26(31)28-20)22-19-8-5-4-7-17(19)11-14-21(22)33-15-16-9-12-18(27)13-10-16/h4-5,7-14,24H,3,6,15H2,1-2H3,(H2,28,29,31). The van der Waals surface area contributed by atoms with Gasteiger partial charge < -0.3 is 20.1 Å². The number of halogens is 1. The van der Waals surface area contributed by atoms with Crippen LogP contribution in [0.4, 0.5) is 9.18 Å². The van der Waals surface area contributed by atoms with Gasteiger partial charge in [0.15, 0.2) is 0 Å². The first-order chi connectivity index (χ1) is 16.0. The molecule has 1 aliphatic heterocycles. The van der Waals surface area contributed by atoms with Crippen LogP contribution in [0.3, 0.4) is 0 Å². The number of carbonyl (C=O) groups is 2. The van der Waals surface area contributed by atoms with Gasteiger partial charge in [-0.25, -0.2) is 14.0 Å². The lowest BCUT2D eigenvalue weighted by molar-refractivity contribution is -0.136. The van der Waals surface area contributed by atoms with E-state index in [2.05, 4.69) is 10.6 Å². The molecular formula is C26H25FN2O4. The number of allylic oxidation sites excluding steroid dienone is 1. The van der Waals surface area contributed by atoms with Gasteiger partial charge in [-0.1, -0.05) is 55.8 Å². The average Bonchev–Trinajstić information content (AvgIpc) is 2.82. The van der Waals surface area contributed by atoms with Gasteiger partial charge in [0.2, 0.25) is 0 Å². The fourth-order valence-electron chi connectivity index (χ4n) is 4.07. The lowest BCUT2D eigenvalue weighted by atomic mass is 9.89. The van der Waals surface area contributed by atoms with Crippen LogP contribution in [0.25, 0.3) is 10.8 Å². The Morgan fingerprint density at radius 1 is 1.06 bits per heavy atom. The summed E-state index contributed by atoms with van der Waals surface area (Å²) >= 11 is 0. The molecule has 2 N–H and O–H groups in total. The highest BCUT2D eigenvalue weighted by atomic mass is 19.1. The van der Waals surface area contributed by atoms with Gasteiger partial charge in [-0.3, -0.25) is 0 Å². The highest BCUT2D eigenvalue weighted by Crippen LogP contribution is 2.39. The van der Waals surface area contributed by atoms with E-state index in [4.69, 9.17) is 9.47 Å². The van der Waals surface area contributed by atoms with Gasteiger partial charge in [-0.05, 0) is 41.0 Å². The van der Waals surface area contributed by atoms with Crippen molar-refractivity contribution in [2.24, 2.45) is 0 Å². The molecule has 3 aromatic carbocycles. The Hall–Kier alpha value is -3.87. The molecule has 0 saturated carbocycles. The summed E-state index contributed by atoms with van der Waals surface area (Å²) in [6.07, 6.45) is 1.26. The predicted octanol–water partition coefficient (Wildman–Crippen LogP) is 5.14. The highest BCUT2D eigenvalue weighted by Gasteiger charge is 2.35. The molecule has 7 heteroatoms. The van der Waals surface area contributed by atoms with Gasteiger partial charge in [-0.2, -0.15) is 0 Å². The number of esters is 1. The topological polar surface area (TPSA) is 76.7 Å². The van der Waals surface area contributed by atoms with E-state index in [1.807, 2.05) is 43.3 Å². The number of ether oxygens (including phenoxy) is 2. The lowest BCUT2D eigenvalue weighted by Crippen LogP contribution is -2.46. The molecule has 3 aromatic rings. The summed E-state index contributed by atoms with van der Waals surface area (Å²) in [7, 11) is 1.32. The monoisotopic (exact) mass is 448 g/mol. The summed E-state index contributed by atoms with van der Waals surface area (Å²) in [5.74, 6) is -0.324. The summed E-state index contributed by atoms with van der Waals surface area (Å²) < 4.78 is 24.5. The van der Waals surface area contributed by atoms with Crippen molar-refractivity contribution in [2.75, 3.05) is 7.11 Å². The van der Waals surface area contributed by atoms with Crippen LogP contribution in [0, 0.1) is 5.82 Å². The van der Waals surface area contributed by atoms with Crippen LogP contribution in [-0.4, -0.2) is 19.1 Å². The fraction of sp³-hybridized carbons (Fsp3) is 0.231. The van der Waals surface area contributed by atoms with Crippen molar-refractivity contribution in [3.8, 4) is 5.75 Å². The molecule has 170 valence electrons. The van der Waals surface area contributed by atoms with E-state index >= 15 is 0 Å². The van der Waals surface area contributed by atoms with Gasteiger partial charge in [0.1, 0.15) is 18.2 Å². The summed E-state index contributed by atoms with van der Waals surface area (Å²) in [5.41, 5.74) is 2.34. The third-order valence-corrected chi connectivity index (χ3v) is 5.59. The molecule has 0 spiro atoms. The molecule has 6 nitrogen and oxygen atoms in total. The number of methoxy groups -OCH3 is 1. The first-order valence-corrected chi connectivity index (χ1v) is 10.8. The molecule has 1 atom stereocenters. The minimum atomic E-state index is -0.762. The van der Waals surface area contributed by atoms with Crippen molar-refractivity contribution in [3.05, 3.63) is 88.9 Å². The zero-order valence-electron chi connectivity index (χ0n) is 18.5. The number of hydrogen-bond donors (Lipinski definition) is 2. The van der Waals surface area contributed by atoms with Crippen LogP contribution >= 0.6 is 0 Å². The van der Waals surface area contributed by atoms with Gasteiger partial charge in [0, 0.05) is 11.3 Å². The third-order valence-electron chi connectivity index (χ3n) is 5.59. The summed E-state index contributed by atoms with van der Waals surface area (Å²) in [4.78, 5) is 25.4. The quantitative estimate of drug-likeness (QED) is 0.491. The van der Waals surface area contributed by atoms with Crippen LogP contribution in [0.2, 0.25) is 0 Å². The van der Waals surface area contributed by atoms with E-state index in [1.54, 1.807) is 12.1 Å². The van der Waals surface area contributed by atoms with Crippen molar-refractivity contribution in [1.82, 2.24) is 10.6 Å². The molecule has 0 bridgehead atoms. The normalized spacial score (nSPS) is 15.7. The first kappa shape index (κ1) is 22.3. The average molecular weight is 448 g/mol. The Balaban J connectivity index is 1.85. The van der Waals surface area contributed by atoms with E-state index in [0.29, 0.717) is 29.0 Å². The number of fused-ring (bicyclic) bond motifs is 1. The molecule has 2 amide bonds. The molecule has 0 aromatic heterocycles. The molecule has 0 fully saturated rings. The van der Waals surface area contributed by atoms with Crippen LogP contribution in [0.15, 0.2) is 71.9 Å². The number of carbonyl (C=O) groups excluding carboxylic acids is 2. The Labute approximate surface area is 191 Å². The van der Waals surface area contributed by atoms with E-state index in [1.165, 1.54) is 19.2 Å². The van der Waals surface area contributed by atoms with Gasteiger partial charge >= 0.3 is 12.0 Å². The molecule has 1 unspecified atom stereocenters. The molecule has 0 aliphatic carbocycles. The van der Waals surface area contributed by atoms with E-state index in [0.717, 1.165) is 22.8 Å². The highest BCUT2D eigenvalue weighted by molar-refractivity contribution is 5.98. The number of nitrogens with one attached hydrogen (secondary N) is 2. The maximum Gasteiger partial charge on any atom is 0.337 e. The van der Waals surface area contributed by atoms with Crippen molar-refractivity contribution in [3.63, 3.8) is 0 Å². The number of benzene rings is 3. The second-order valence-corrected chi connectivity index (χ2v) is 7.78. The SMILES string of the molecule is CCCC1=C(C(=O)OC)C(c2c(OCc3ccc(F)cc3)ccc3ccccc23)NC(=O)N1. The molecular weight excluding hydrogens is 423 g/mol. The molecule has 1 heterocycles. The Bertz CT molecular complexity index is 1220. The maximum atomic E-state index is 13.3. The van der Waals surface area contributed by atoms with Crippen molar-refractivity contribution >= 4 is 22.8 Å². The number of amides is 2. The van der Waals surface area contributed by atoms with Crippen molar-refractivity contribution in [2.45, 2.75) is 32.4 Å². The van der Waals surface area contributed by atoms with E-state index in [-0.39, 0.29) is 12.4 Å². The van der Waals surface area contributed by atoms with Crippen LogP contribution < -0.4 is 15.4 Å². The Morgan fingerprint density at radius 2 is 1.82 bits per heavy atom. The second kappa shape index (κ2) is 9.73. The molecule has 1 aliphatic rings. The number of rotatable bonds is 7. The molecule has 4 rings (SSSR count). The summed E-state index contributed by atoms with van der Waals surface area (Å²) in [6, 6.07) is 16.4. The summed E-state index contributed by atoms with van der Waals surface area (Å²) in [5, 5.41) is 7.44. The lowest BCUT2D eigenvalue weighted by Gasteiger charge is -2.31. The first-order valence-electron chi connectivity index (χ1n) is 10.8. The minimum Gasteiger partial charge on any atom is -0.489 e. The maximum absolute atomic E-state index is 13.3. The molecule has 0 radical (unpaired) electrons. The van der Waals surface area contributed by atoms with Gasteiger partial charge in [0.25, 0.3) is 0 Å². The van der Waals surface area contributed by atoms with Crippen molar-refractivity contribution < 1.29 is 23.5 Å². The Kier molecular flexibility index (Phi) is 6.58. The van der Waals surface area contributed by atoms with E-state index < -0.39 is 18.0 Å². The predicted molar refractivity (Wildman–Crippen MR) is 123 cm³/mol. The van der Waals surface area contributed by atoms with Gasteiger partial charge in [0.05, 0.1) is 18.7 Å². The van der Waals surface area contributed by atoms with Crippen molar-refractivity contribution in [1.29, 1.82) is 0 Å². The van der Waals surface area contributed by atoms with Gasteiger partial charge in [-0.15, -0.1) is 0 Å². The summed E-state index contributed by atoms with van der Waals surface area (Å²) in [6.45, 7) is 2.17. The zero-order valence-corrected chi connectivity index (χ0v) is 18.5. The smallest absolute Gasteiger partial charge is 0.337 e. The van der Waals surface area contributed by atoms with Crippen LogP contribution in [0.5, 0.6) is 5.75 Å². The fourth-order valence-corrected chi connectivity index (χ4v) is 4.07. The van der Waals surface area contributed by atoms with E-state index in [9.17, 15) is 14.0 Å².